The highest BCUT2D eigenvalue weighted by molar-refractivity contribution is 5.86. The molecular formula is C16H30N2O3. The van der Waals surface area contributed by atoms with E-state index in [1.807, 2.05) is 6.92 Å². The van der Waals surface area contributed by atoms with E-state index in [2.05, 4.69) is 31.4 Å². The van der Waals surface area contributed by atoms with Gasteiger partial charge in [-0.1, -0.05) is 27.2 Å². The number of urea groups is 1. The maximum Gasteiger partial charge on any atom is 0.329 e. The quantitative estimate of drug-likeness (QED) is 0.705. The summed E-state index contributed by atoms with van der Waals surface area (Å²) in [6.07, 6.45) is 4.73. The lowest BCUT2D eigenvalue weighted by Crippen LogP contribution is -2.59. The predicted octanol–water partition coefficient (Wildman–Crippen LogP) is 3.14. The van der Waals surface area contributed by atoms with E-state index in [0.717, 1.165) is 25.7 Å². The number of rotatable bonds is 6. The molecule has 0 aliphatic heterocycles. The molecule has 21 heavy (non-hydrogen) atoms. The minimum atomic E-state index is -1.09. The Labute approximate surface area is 127 Å². The second kappa shape index (κ2) is 7.66. The van der Waals surface area contributed by atoms with Crippen molar-refractivity contribution in [3.63, 3.8) is 0 Å². The number of aliphatic carboxylic acids is 1. The van der Waals surface area contributed by atoms with E-state index in [9.17, 15) is 14.7 Å². The third-order valence-corrected chi connectivity index (χ3v) is 4.50. The number of carboxylic acids is 1. The first-order valence-electron chi connectivity index (χ1n) is 8.11. The van der Waals surface area contributed by atoms with Crippen LogP contribution in [0.5, 0.6) is 0 Å². The van der Waals surface area contributed by atoms with Crippen molar-refractivity contribution in [2.24, 2.45) is 11.8 Å². The molecule has 1 aliphatic carbocycles. The first kappa shape index (κ1) is 17.8. The summed E-state index contributed by atoms with van der Waals surface area (Å²) in [4.78, 5) is 23.7. The molecule has 1 atom stereocenters. The smallest absolute Gasteiger partial charge is 0.329 e. The number of hydrogen-bond acceptors (Lipinski definition) is 2. The van der Waals surface area contributed by atoms with E-state index in [0.29, 0.717) is 24.7 Å². The minimum absolute atomic E-state index is 0.0443. The number of carboxylic acid groups (broad SMARTS) is 1. The second-order valence-electron chi connectivity index (χ2n) is 6.87. The largest absolute Gasteiger partial charge is 0.480 e. The van der Waals surface area contributed by atoms with E-state index < -0.39 is 11.5 Å². The maximum absolute atomic E-state index is 12.1. The molecule has 122 valence electrons. The summed E-state index contributed by atoms with van der Waals surface area (Å²) in [6.45, 7) is 8.27. The van der Waals surface area contributed by atoms with Gasteiger partial charge in [0.2, 0.25) is 0 Å². The Morgan fingerprint density at radius 2 is 1.81 bits per heavy atom. The Morgan fingerprint density at radius 3 is 2.24 bits per heavy atom. The summed E-state index contributed by atoms with van der Waals surface area (Å²) in [5.41, 5.74) is -1.09. The lowest BCUT2D eigenvalue weighted by molar-refractivity contribution is -0.146. The molecule has 2 amide bonds. The molecule has 0 aromatic carbocycles. The fourth-order valence-electron chi connectivity index (χ4n) is 3.21. The average molecular weight is 298 g/mol. The van der Waals surface area contributed by atoms with Gasteiger partial charge in [0.25, 0.3) is 0 Å². The zero-order valence-corrected chi connectivity index (χ0v) is 13.7. The van der Waals surface area contributed by atoms with Crippen LogP contribution >= 0.6 is 0 Å². The van der Waals surface area contributed by atoms with Gasteiger partial charge in [0, 0.05) is 6.04 Å². The van der Waals surface area contributed by atoms with Crippen LogP contribution in [-0.4, -0.2) is 28.7 Å². The topological polar surface area (TPSA) is 78.4 Å². The number of carbonyl (C=O) groups is 2. The Kier molecular flexibility index (Phi) is 6.49. The van der Waals surface area contributed by atoms with Crippen molar-refractivity contribution < 1.29 is 14.7 Å². The molecule has 0 aromatic heterocycles. The second-order valence-corrected chi connectivity index (χ2v) is 6.87. The SMILES string of the molecule is CCC1CCC(NC(=O)NC(C)CC(C)C)(C(=O)O)CC1. The molecule has 0 aromatic rings. The molecular weight excluding hydrogens is 268 g/mol. The Hall–Kier alpha value is -1.26. The maximum atomic E-state index is 12.1. The van der Waals surface area contributed by atoms with E-state index >= 15 is 0 Å². The number of hydrogen-bond donors (Lipinski definition) is 3. The van der Waals surface area contributed by atoms with Crippen LogP contribution in [0.2, 0.25) is 0 Å². The Bertz CT molecular complexity index is 361. The summed E-state index contributed by atoms with van der Waals surface area (Å²) < 4.78 is 0. The summed E-state index contributed by atoms with van der Waals surface area (Å²) >= 11 is 0. The lowest BCUT2D eigenvalue weighted by atomic mass is 9.75. The van der Waals surface area contributed by atoms with Crippen molar-refractivity contribution in [2.75, 3.05) is 0 Å². The molecule has 1 rings (SSSR count). The van der Waals surface area contributed by atoms with E-state index in [1.54, 1.807) is 0 Å². The average Bonchev–Trinajstić information content (AvgIpc) is 2.37. The third kappa shape index (κ3) is 5.21. The lowest BCUT2D eigenvalue weighted by Gasteiger charge is -2.37. The Balaban J connectivity index is 2.59. The van der Waals surface area contributed by atoms with Crippen LogP contribution in [0.15, 0.2) is 0 Å². The fourth-order valence-corrected chi connectivity index (χ4v) is 3.21. The molecule has 0 spiro atoms. The molecule has 0 heterocycles. The highest BCUT2D eigenvalue weighted by atomic mass is 16.4. The molecule has 3 N–H and O–H groups in total. The molecule has 5 nitrogen and oxygen atoms in total. The van der Waals surface area contributed by atoms with Crippen LogP contribution in [0.3, 0.4) is 0 Å². The molecule has 1 saturated carbocycles. The van der Waals surface area contributed by atoms with E-state index in [-0.39, 0.29) is 12.1 Å². The normalized spacial score (nSPS) is 27.2. The predicted molar refractivity (Wildman–Crippen MR) is 83.2 cm³/mol. The van der Waals surface area contributed by atoms with Crippen LogP contribution in [0.4, 0.5) is 4.79 Å². The van der Waals surface area contributed by atoms with Gasteiger partial charge in [-0.2, -0.15) is 0 Å². The molecule has 0 bridgehead atoms. The van der Waals surface area contributed by atoms with Crippen molar-refractivity contribution in [3.8, 4) is 0 Å². The standard InChI is InChI=1S/C16H30N2O3/c1-5-13-6-8-16(9-7-13,14(19)20)18-15(21)17-12(4)10-11(2)3/h11-13H,5-10H2,1-4H3,(H,19,20)(H2,17,18,21). The molecule has 1 unspecified atom stereocenters. The van der Waals surface area contributed by atoms with Crippen molar-refractivity contribution in [2.45, 2.75) is 77.8 Å². The van der Waals surface area contributed by atoms with Crippen molar-refractivity contribution in [1.29, 1.82) is 0 Å². The summed E-state index contributed by atoms with van der Waals surface area (Å²) in [7, 11) is 0. The summed E-state index contributed by atoms with van der Waals surface area (Å²) in [5, 5.41) is 15.1. The highest BCUT2D eigenvalue weighted by Crippen LogP contribution is 2.34. The van der Waals surface area contributed by atoms with Crippen molar-refractivity contribution >= 4 is 12.0 Å². The monoisotopic (exact) mass is 298 g/mol. The van der Waals surface area contributed by atoms with Gasteiger partial charge in [-0.25, -0.2) is 9.59 Å². The summed E-state index contributed by atoms with van der Waals surface area (Å²) in [5.74, 6) is 0.166. The summed E-state index contributed by atoms with van der Waals surface area (Å²) in [6, 6.07) is -0.316. The van der Waals surface area contributed by atoms with Crippen molar-refractivity contribution in [3.05, 3.63) is 0 Å². The molecule has 1 aliphatic rings. The number of amides is 2. The van der Waals surface area contributed by atoms with Crippen LogP contribution in [-0.2, 0) is 4.79 Å². The van der Waals surface area contributed by atoms with Gasteiger partial charge in [0.05, 0.1) is 0 Å². The zero-order valence-electron chi connectivity index (χ0n) is 13.7. The first-order chi connectivity index (χ1) is 9.79. The molecule has 0 radical (unpaired) electrons. The van der Waals surface area contributed by atoms with Crippen LogP contribution in [0, 0.1) is 11.8 Å². The Morgan fingerprint density at radius 1 is 1.24 bits per heavy atom. The van der Waals surface area contributed by atoms with Gasteiger partial charge in [0.1, 0.15) is 5.54 Å². The highest BCUT2D eigenvalue weighted by Gasteiger charge is 2.43. The van der Waals surface area contributed by atoms with Gasteiger partial charge in [0.15, 0.2) is 0 Å². The van der Waals surface area contributed by atoms with Crippen LogP contribution in [0.25, 0.3) is 0 Å². The molecule has 1 fully saturated rings. The van der Waals surface area contributed by atoms with Gasteiger partial charge >= 0.3 is 12.0 Å². The van der Waals surface area contributed by atoms with E-state index in [1.165, 1.54) is 0 Å². The van der Waals surface area contributed by atoms with Gasteiger partial charge in [-0.05, 0) is 50.9 Å². The fraction of sp³-hybridized carbons (Fsp3) is 0.875. The van der Waals surface area contributed by atoms with E-state index in [4.69, 9.17) is 0 Å². The van der Waals surface area contributed by atoms with Crippen molar-refractivity contribution in [1.82, 2.24) is 10.6 Å². The molecule has 0 saturated heterocycles. The van der Waals surface area contributed by atoms with Crippen LogP contribution in [0.1, 0.15) is 66.2 Å². The number of carbonyl (C=O) groups excluding carboxylic acids is 1. The number of nitrogens with one attached hydrogen (secondary N) is 2. The third-order valence-electron chi connectivity index (χ3n) is 4.50. The zero-order chi connectivity index (χ0) is 16.0. The minimum Gasteiger partial charge on any atom is -0.480 e. The van der Waals surface area contributed by atoms with Gasteiger partial charge in [-0.3, -0.25) is 0 Å². The molecule has 5 heteroatoms. The first-order valence-corrected chi connectivity index (χ1v) is 8.11. The van der Waals surface area contributed by atoms with Crippen LogP contribution < -0.4 is 10.6 Å². The van der Waals surface area contributed by atoms with Gasteiger partial charge in [-0.15, -0.1) is 0 Å². The van der Waals surface area contributed by atoms with Gasteiger partial charge < -0.3 is 15.7 Å².